The number of phosphoric ester groups is 1. The molecule has 10 nitrogen and oxygen atoms in total. The highest BCUT2D eigenvalue weighted by Gasteiger charge is 2.25. The van der Waals surface area contributed by atoms with Crippen molar-refractivity contribution in [3.63, 3.8) is 0 Å². The molecule has 0 bridgehead atoms. The summed E-state index contributed by atoms with van der Waals surface area (Å²) in [4.78, 5) is 34.8. The quantitative estimate of drug-likeness (QED) is 0.0181. The highest BCUT2D eigenvalue weighted by Crippen LogP contribution is 2.43. The molecule has 0 amide bonds. The van der Waals surface area contributed by atoms with Crippen molar-refractivity contribution < 1.29 is 42.7 Å². The van der Waals surface area contributed by atoms with Crippen molar-refractivity contribution >= 4 is 19.8 Å². The van der Waals surface area contributed by atoms with E-state index in [-0.39, 0.29) is 38.7 Å². The van der Waals surface area contributed by atoms with Crippen LogP contribution in [0.15, 0.2) is 60.8 Å². The second-order valence-corrected chi connectivity index (χ2v) is 15.1. The number of nitrogens with two attached hydrogens (primary N) is 1. The summed E-state index contributed by atoms with van der Waals surface area (Å²) in [6.07, 6.45) is 42.1. The molecule has 3 atom stereocenters. The molecule has 0 spiro atoms. The molecule has 0 aromatic heterocycles. The van der Waals surface area contributed by atoms with E-state index in [1.165, 1.54) is 77.0 Å². The molecule has 0 heterocycles. The van der Waals surface area contributed by atoms with Crippen molar-refractivity contribution in [3.05, 3.63) is 60.8 Å². The van der Waals surface area contributed by atoms with Crippen molar-refractivity contribution in [2.24, 2.45) is 5.73 Å². The molecule has 0 saturated heterocycles. The fraction of sp³-hybridized carbons (Fsp3) is 0.721. The lowest BCUT2D eigenvalue weighted by molar-refractivity contribution is -0.161. The van der Waals surface area contributed by atoms with E-state index in [9.17, 15) is 24.2 Å². The molecule has 4 N–H and O–H groups in total. The van der Waals surface area contributed by atoms with Gasteiger partial charge in [0, 0.05) is 19.4 Å². The summed E-state index contributed by atoms with van der Waals surface area (Å²) in [6, 6.07) is 0. The number of unbranched alkanes of at least 4 members (excludes halogenated alkanes) is 15. The van der Waals surface area contributed by atoms with Crippen molar-refractivity contribution in [2.75, 3.05) is 26.4 Å². The summed E-state index contributed by atoms with van der Waals surface area (Å²) < 4.78 is 32.7. The van der Waals surface area contributed by atoms with E-state index in [0.717, 1.165) is 38.5 Å². The number of ether oxygens (including phenoxy) is 2. The molecule has 0 fully saturated rings. The Hall–Kier alpha value is -2.33. The van der Waals surface area contributed by atoms with Gasteiger partial charge in [0.15, 0.2) is 6.10 Å². The molecule has 1 unspecified atom stereocenters. The lowest BCUT2D eigenvalue weighted by atomic mass is 10.0. The van der Waals surface area contributed by atoms with Crippen LogP contribution in [0.3, 0.4) is 0 Å². The highest BCUT2D eigenvalue weighted by atomic mass is 31.2. The number of rotatable bonds is 38. The van der Waals surface area contributed by atoms with Crippen LogP contribution in [0.1, 0.15) is 162 Å². The summed E-state index contributed by atoms with van der Waals surface area (Å²) >= 11 is 0. The molecule has 0 aliphatic heterocycles. The Balaban J connectivity index is 4.30. The van der Waals surface area contributed by atoms with Gasteiger partial charge in [-0.2, -0.15) is 0 Å². The molecular weight excluding hydrogens is 705 g/mol. The van der Waals surface area contributed by atoms with Crippen LogP contribution in [0.4, 0.5) is 0 Å². The Kier molecular flexibility index (Phi) is 37.2. The topological polar surface area (TPSA) is 155 Å². The smallest absolute Gasteiger partial charge is 0.462 e. The van der Waals surface area contributed by atoms with E-state index < -0.39 is 32.5 Å². The van der Waals surface area contributed by atoms with Crippen molar-refractivity contribution in [2.45, 2.75) is 174 Å². The first-order valence-electron chi connectivity index (χ1n) is 20.9. The zero-order valence-electron chi connectivity index (χ0n) is 33.8. The van der Waals surface area contributed by atoms with Crippen LogP contribution in [0.25, 0.3) is 0 Å². The van der Waals surface area contributed by atoms with Crippen molar-refractivity contribution in [1.29, 1.82) is 0 Å². The maximum absolute atomic E-state index is 12.5. The van der Waals surface area contributed by atoms with E-state index in [1.807, 2.05) is 37.3 Å². The standard InChI is InChI=1S/C43H76NO9P/c1-3-5-6-7-8-9-10-11-12-16-19-22-25-28-31-34-42(46)50-38-41(39-52-54(48,49)51-37-36-44)53-43(47)35-32-29-26-23-20-17-14-13-15-18-21-24-27-30-33-40(45)4-2/h14-15,17-18,23-24,26-27,30,33,40-41,45H,3-13,16,19-22,25,28-29,31-32,34-39,44H2,1-2H3,(H,48,49)/b17-14-,18-15-,26-23-,27-24-,33-30+/t40-,41-/m1/s1. The van der Waals surface area contributed by atoms with Crippen LogP contribution >= 0.6 is 7.82 Å². The van der Waals surface area contributed by atoms with Crippen LogP contribution in [0.2, 0.25) is 0 Å². The third-order valence-electron chi connectivity index (χ3n) is 8.58. The monoisotopic (exact) mass is 782 g/mol. The fourth-order valence-corrected chi connectivity index (χ4v) is 6.09. The Morgan fingerprint density at radius 1 is 0.648 bits per heavy atom. The molecule has 0 aliphatic rings. The molecule has 0 aromatic carbocycles. The number of aliphatic hydroxyl groups is 1. The van der Waals surface area contributed by atoms with Gasteiger partial charge in [-0.15, -0.1) is 0 Å². The number of carbonyl (C=O) groups is 2. The lowest BCUT2D eigenvalue weighted by Crippen LogP contribution is -2.29. The average Bonchev–Trinajstić information content (AvgIpc) is 3.16. The van der Waals surface area contributed by atoms with E-state index in [0.29, 0.717) is 19.3 Å². The van der Waals surface area contributed by atoms with Crippen LogP contribution in [0.5, 0.6) is 0 Å². The van der Waals surface area contributed by atoms with Crippen molar-refractivity contribution in [1.82, 2.24) is 0 Å². The number of esters is 2. The number of hydrogen-bond donors (Lipinski definition) is 3. The minimum absolute atomic E-state index is 0.0367. The average molecular weight is 782 g/mol. The van der Waals surface area contributed by atoms with Gasteiger partial charge >= 0.3 is 19.8 Å². The van der Waals surface area contributed by atoms with Crippen LogP contribution in [0, 0.1) is 0 Å². The summed E-state index contributed by atoms with van der Waals surface area (Å²) in [5.74, 6) is -0.917. The first-order chi connectivity index (χ1) is 26.2. The molecule has 0 rings (SSSR count). The van der Waals surface area contributed by atoms with Crippen molar-refractivity contribution in [3.8, 4) is 0 Å². The second-order valence-electron chi connectivity index (χ2n) is 13.7. The summed E-state index contributed by atoms with van der Waals surface area (Å²) in [5.41, 5.74) is 5.33. The second kappa shape index (κ2) is 38.9. The molecule has 11 heteroatoms. The zero-order chi connectivity index (χ0) is 39.8. The number of aliphatic hydroxyl groups excluding tert-OH is 1. The molecule has 0 aliphatic carbocycles. The van der Waals surface area contributed by atoms with Gasteiger partial charge in [-0.25, -0.2) is 4.57 Å². The summed E-state index contributed by atoms with van der Waals surface area (Å²) in [5, 5.41) is 9.47. The fourth-order valence-electron chi connectivity index (χ4n) is 5.33. The minimum atomic E-state index is -4.40. The third kappa shape index (κ3) is 38.0. The Morgan fingerprint density at radius 3 is 1.72 bits per heavy atom. The largest absolute Gasteiger partial charge is 0.472 e. The minimum Gasteiger partial charge on any atom is -0.462 e. The maximum atomic E-state index is 12.5. The van der Waals surface area contributed by atoms with E-state index >= 15 is 0 Å². The Morgan fingerprint density at radius 2 is 1.17 bits per heavy atom. The van der Waals surface area contributed by atoms with Crippen LogP contribution < -0.4 is 5.73 Å². The SMILES string of the molecule is CCCCCCCCCCCCCCCCCC(=O)OC[C@H](COP(=O)(O)OCCN)OC(=O)CCC/C=C\C/C=C\C/C=C\C/C=C\C=C\[C@H](O)CC. The Bertz CT molecular complexity index is 1090. The van der Waals surface area contributed by atoms with Gasteiger partial charge in [0.2, 0.25) is 0 Å². The van der Waals surface area contributed by atoms with Gasteiger partial charge in [0.1, 0.15) is 6.61 Å². The van der Waals surface area contributed by atoms with Crippen LogP contribution in [-0.2, 0) is 32.7 Å². The highest BCUT2D eigenvalue weighted by molar-refractivity contribution is 7.47. The van der Waals surface area contributed by atoms with Gasteiger partial charge in [0.05, 0.1) is 19.3 Å². The molecule has 0 radical (unpaired) electrons. The first kappa shape index (κ1) is 51.7. The molecule has 0 saturated carbocycles. The normalized spacial score (nSPS) is 14.5. The first-order valence-corrected chi connectivity index (χ1v) is 22.4. The van der Waals surface area contributed by atoms with Gasteiger partial charge in [-0.1, -0.05) is 164 Å². The van der Waals surface area contributed by atoms with Crippen LogP contribution in [-0.4, -0.2) is 60.5 Å². The van der Waals surface area contributed by atoms with E-state index in [1.54, 1.807) is 6.08 Å². The molecule has 54 heavy (non-hydrogen) atoms. The number of carbonyl (C=O) groups excluding carboxylic acids is 2. The number of hydrogen-bond acceptors (Lipinski definition) is 9. The predicted molar refractivity (Wildman–Crippen MR) is 221 cm³/mol. The summed E-state index contributed by atoms with van der Waals surface area (Å²) in [7, 11) is -4.40. The third-order valence-corrected chi connectivity index (χ3v) is 9.56. The number of allylic oxidation sites excluding steroid dienone is 9. The molecule has 312 valence electrons. The van der Waals surface area contributed by atoms with Gasteiger partial charge < -0.3 is 25.2 Å². The maximum Gasteiger partial charge on any atom is 0.472 e. The molecule has 0 aromatic rings. The van der Waals surface area contributed by atoms with E-state index in [2.05, 4.69) is 31.2 Å². The lowest BCUT2D eigenvalue weighted by Gasteiger charge is -2.19. The van der Waals surface area contributed by atoms with E-state index in [4.69, 9.17) is 24.3 Å². The number of phosphoric acid groups is 1. The predicted octanol–water partition coefficient (Wildman–Crippen LogP) is 10.7. The molecular formula is C43H76NO9P. The van der Waals surface area contributed by atoms with Gasteiger partial charge in [-0.05, 0) is 44.9 Å². The van der Waals surface area contributed by atoms with Gasteiger partial charge in [-0.3, -0.25) is 18.6 Å². The summed E-state index contributed by atoms with van der Waals surface area (Å²) in [6.45, 7) is 3.32. The zero-order valence-corrected chi connectivity index (χ0v) is 34.7. The Labute approximate surface area is 328 Å². The van der Waals surface area contributed by atoms with Gasteiger partial charge in [0.25, 0.3) is 0 Å².